The highest BCUT2D eigenvalue weighted by Gasteiger charge is 2.17. The smallest absolute Gasteiger partial charge is 0.424 e. The lowest BCUT2D eigenvalue weighted by molar-refractivity contribution is 0.0422. The first-order valence-corrected chi connectivity index (χ1v) is 3.29. The molecular weight excluding hydrogens is 154 g/mol. The molecule has 0 radical (unpaired) electrons. The summed E-state index contributed by atoms with van der Waals surface area (Å²) in [5.41, 5.74) is -0.472. The van der Waals surface area contributed by atoms with Crippen molar-refractivity contribution in [2.24, 2.45) is 0 Å². The van der Waals surface area contributed by atoms with Gasteiger partial charge in [0.05, 0.1) is 0 Å². The minimum absolute atomic E-state index is 0.472. The molecule has 1 amide bonds. The first-order chi connectivity index (χ1) is 4.33. The van der Waals surface area contributed by atoms with E-state index in [0.29, 0.717) is 0 Å². The highest BCUT2D eigenvalue weighted by molar-refractivity contribution is 6.19. The lowest BCUT2D eigenvalue weighted by Gasteiger charge is -2.20. The van der Waals surface area contributed by atoms with E-state index in [0.717, 1.165) is 4.42 Å². The molecule has 0 saturated heterocycles. The molecule has 0 heterocycles. The molecule has 0 aliphatic carbocycles. The van der Waals surface area contributed by atoms with Gasteiger partial charge in [0.1, 0.15) is 5.60 Å². The van der Waals surface area contributed by atoms with Crippen molar-refractivity contribution in [3.05, 3.63) is 0 Å². The summed E-state index contributed by atoms with van der Waals surface area (Å²) in [6, 6.07) is 0. The summed E-state index contributed by atoms with van der Waals surface area (Å²) in [6.45, 7) is 5.35. The first-order valence-electron chi connectivity index (χ1n) is 2.95. The second-order valence-corrected chi connectivity index (χ2v) is 3.46. The molecule has 0 saturated carbocycles. The van der Waals surface area contributed by atoms with Gasteiger partial charge in [0.15, 0.2) is 0 Å². The van der Waals surface area contributed by atoms with Gasteiger partial charge in [0.25, 0.3) is 0 Å². The van der Waals surface area contributed by atoms with Crippen molar-refractivity contribution >= 4 is 17.9 Å². The molecule has 0 N–H and O–H groups in total. The SMILES string of the molecule is CN(Cl)C(=O)OC(C)(C)C. The normalized spacial score (nSPS) is 10.9. The maximum atomic E-state index is 10.7. The van der Waals surface area contributed by atoms with E-state index >= 15 is 0 Å². The average molecular weight is 166 g/mol. The fraction of sp³-hybridized carbons (Fsp3) is 0.833. The van der Waals surface area contributed by atoms with Crippen molar-refractivity contribution in [2.75, 3.05) is 7.05 Å². The van der Waals surface area contributed by atoms with Gasteiger partial charge in [-0.25, -0.2) is 9.21 Å². The Kier molecular flexibility index (Phi) is 2.96. The van der Waals surface area contributed by atoms with E-state index in [4.69, 9.17) is 16.5 Å². The van der Waals surface area contributed by atoms with Gasteiger partial charge in [0.2, 0.25) is 0 Å². The number of halogens is 1. The number of hydrogen-bond donors (Lipinski definition) is 0. The average Bonchev–Trinajstić information content (AvgIpc) is 1.60. The van der Waals surface area contributed by atoms with Crippen LogP contribution in [0.2, 0.25) is 0 Å². The van der Waals surface area contributed by atoms with Crippen molar-refractivity contribution in [2.45, 2.75) is 26.4 Å². The van der Waals surface area contributed by atoms with Gasteiger partial charge < -0.3 is 4.74 Å². The van der Waals surface area contributed by atoms with Gasteiger partial charge >= 0.3 is 6.09 Å². The zero-order chi connectivity index (χ0) is 8.36. The van der Waals surface area contributed by atoms with Crippen LogP contribution in [0.25, 0.3) is 0 Å². The van der Waals surface area contributed by atoms with E-state index in [1.807, 2.05) is 0 Å². The maximum Gasteiger partial charge on any atom is 0.424 e. The predicted molar refractivity (Wildman–Crippen MR) is 39.9 cm³/mol. The molecular formula is C6H12ClNO2. The molecule has 3 nitrogen and oxygen atoms in total. The van der Waals surface area contributed by atoms with Crippen LogP contribution in [-0.4, -0.2) is 23.2 Å². The molecule has 10 heavy (non-hydrogen) atoms. The van der Waals surface area contributed by atoms with Gasteiger partial charge in [-0.1, -0.05) is 0 Å². The molecule has 0 aromatic heterocycles. The molecule has 0 rings (SSSR count). The van der Waals surface area contributed by atoms with Crippen LogP contribution < -0.4 is 0 Å². The summed E-state index contributed by atoms with van der Waals surface area (Å²) < 4.78 is 5.73. The first kappa shape index (κ1) is 9.56. The Morgan fingerprint density at radius 3 is 2.00 bits per heavy atom. The Morgan fingerprint density at radius 1 is 1.50 bits per heavy atom. The minimum Gasteiger partial charge on any atom is -0.443 e. The maximum absolute atomic E-state index is 10.7. The summed E-state index contributed by atoms with van der Waals surface area (Å²) >= 11 is 5.29. The van der Waals surface area contributed by atoms with Crippen molar-refractivity contribution in [1.82, 2.24) is 4.42 Å². The van der Waals surface area contributed by atoms with E-state index in [9.17, 15) is 4.79 Å². The Morgan fingerprint density at radius 2 is 1.90 bits per heavy atom. The quantitative estimate of drug-likeness (QED) is 0.514. The fourth-order valence-electron chi connectivity index (χ4n) is 0.325. The van der Waals surface area contributed by atoms with Crippen LogP contribution in [-0.2, 0) is 4.74 Å². The summed E-state index contributed by atoms with van der Waals surface area (Å²) in [4.78, 5) is 10.7. The topological polar surface area (TPSA) is 29.5 Å². The molecule has 0 aromatic carbocycles. The summed E-state index contributed by atoms with van der Waals surface area (Å²) in [5.74, 6) is 0. The Hall–Kier alpha value is -0.440. The number of amides is 1. The Bertz CT molecular complexity index is 128. The molecule has 0 atom stereocenters. The summed E-state index contributed by atoms with van der Waals surface area (Å²) in [5, 5.41) is 0. The Labute approximate surface area is 66.0 Å². The Balaban J connectivity index is 3.81. The summed E-state index contributed by atoms with van der Waals surface area (Å²) in [6.07, 6.45) is -0.533. The molecule has 0 aromatic rings. The molecule has 4 heteroatoms. The van der Waals surface area contributed by atoms with Crippen LogP contribution in [0.4, 0.5) is 4.79 Å². The van der Waals surface area contributed by atoms with E-state index in [-0.39, 0.29) is 0 Å². The molecule has 0 unspecified atom stereocenters. The highest BCUT2D eigenvalue weighted by Crippen LogP contribution is 2.09. The molecule has 0 fully saturated rings. The van der Waals surface area contributed by atoms with Gasteiger partial charge in [-0.05, 0) is 20.8 Å². The lowest BCUT2D eigenvalue weighted by atomic mass is 10.2. The van der Waals surface area contributed by atoms with E-state index in [1.54, 1.807) is 20.8 Å². The molecule has 0 bridgehead atoms. The van der Waals surface area contributed by atoms with Crippen molar-refractivity contribution in [1.29, 1.82) is 0 Å². The number of hydrogen-bond acceptors (Lipinski definition) is 2. The third-order valence-electron chi connectivity index (χ3n) is 0.645. The molecule has 0 aliphatic rings. The monoisotopic (exact) mass is 165 g/mol. The predicted octanol–water partition coefficient (Wildman–Crippen LogP) is 2.01. The number of ether oxygens (including phenoxy) is 1. The zero-order valence-corrected chi connectivity index (χ0v) is 7.40. The second kappa shape index (κ2) is 3.10. The molecule has 0 spiro atoms. The number of nitrogens with zero attached hydrogens (tertiary/aromatic N) is 1. The lowest BCUT2D eigenvalue weighted by Crippen LogP contribution is -2.29. The van der Waals surface area contributed by atoms with E-state index in [1.165, 1.54) is 7.05 Å². The largest absolute Gasteiger partial charge is 0.443 e. The molecule has 0 aliphatic heterocycles. The van der Waals surface area contributed by atoms with Crippen molar-refractivity contribution in [3.8, 4) is 0 Å². The number of carbonyl (C=O) groups is 1. The van der Waals surface area contributed by atoms with Gasteiger partial charge in [-0.2, -0.15) is 0 Å². The van der Waals surface area contributed by atoms with Crippen LogP contribution in [0.15, 0.2) is 0 Å². The molecule has 60 valence electrons. The summed E-state index contributed by atoms with van der Waals surface area (Å²) in [7, 11) is 1.43. The van der Waals surface area contributed by atoms with Crippen LogP contribution in [0.1, 0.15) is 20.8 Å². The van der Waals surface area contributed by atoms with Gasteiger partial charge in [-0.3, -0.25) is 0 Å². The third kappa shape index (κ3) is 4.44. The van der Waals surface area contributed by atoms with Crippen molar-refractivity contribution in [3.63, 3.8) is 0 Å². The highest BCUT2D eigenvalue weighted by atomic mass is 35.5. The fourth-order valence-corrected chi connectivity index (χ4v) is 0.359. The third-order valence-corrected chi connectivity index (χ3v) is 0.783. The minimum atomic E-state index is -0.533. The zero-order valence-electron chi connectivity index (χ0n) is 6.64. The van der Waals surface area contributed by atoms with Crippen LogP contribution in [0.5, 0.6) is 0 Å². The van der Waals surface area contributed by atoms with Gasteiger partial charge in [-0.15, -0.1) is 0 Å². The van der Waals surface area contributed by atoms with Gasteiger partial charge in [0, 0.05) is 18.8 Å². The number of carbonyl (C=O) groups excluding carboxylic acids is 1. The second-order valence-electron chi connectivity index (χ2n) is 2.96. The van der Waals surface area contributed by atoms with E-state index < -0.39 is 11.7 Å². The van der Waals surface area contributed by atoms with Crippen LogP contribution in [0.3, 0.4) is 0 Å². The van der Waals surface area contributed by atoms with E-state index in [2.05, 4.69) is 0 Å². The number of rotatable bonds is 0. The van der Waals surface area contributed by atoms with Crippen molar-refractivity contribution < 1.29 is 9.53 Å². The standard InChI is InChI=1S/C6H12ClNO2/c1-6(2,3)10-5(9)8(4)7/h1-4H3. The van der Waals surface area contributed by atoms with Crippen LogP contribution >= 0.6 is 11.8 Å². The van der Waals surface area contributed by atoms with Crippen LogP contribution in [0, 0.1) is 0 Å².